The van der Waals surface area contributed by atoms with Crippen LogP contribution in [0.25, 0.3) is 0 Å². The lowest BCUT2D eigenvalue weighted by molar-refractivity contribution is -0.120. The molecule has 0 saturated carbocycles. The lowest BCUT2D eigenvalue weighted by Crippen LogP contribution is -2.44. The number of Topliss-reactive ketones (excluding diaryl/α,β-unsaturated/α-hetero) is 1. The normalized spacial score (nSPS) is 18.7. The number of methoxy groups -OCH3 is 1. The molecule has 2 unspecified atom stereocenters. The third-order valence-corrected chi connectivity index (χ3v) is 5.10. The van der Waals surface area contributed by atoms with Crippen LogP contribution in [0.5, 0.6) is 5.75 Å². The monoisotopic (exact) mass is 411 g/mol. The molecule has 1 aromatic carbocycles. The SMILES string of the molecule is C=CC(=C)CCC.COc1c(N2CCC(C(C)(C)F)C2C(C)=O)ccc(F)c1F. The van der Waals surface area contributed by atoms with Crippen LogP contribution in [0.3, 0.4) is 0 Å². The van der Waals surface area contributed by atoms with Crippen LogP contribution in [-0.4, -0.2) is 31.1 Å². The first-order valence-corrected chi connectivity index (χ1v) is 9.77. The number of halogens is 3. The minimum atomic E-state index is -1.54. The van der Waals surface area contributed by atoms with E-state index < -0.39 is 29.3 Å². The highest BCUT2D eigenvalue weighted by molar-refractivity contribution is 5.87. The smallest absolute Gasteiger partial charge is 0.202 e. The highest BCUT2D eigenvalue weighted by Gasteiger charge is 2.46. The fourth-order valence-corrected chi connectivity index (χ4v) is 3.65. The van der Waals surface area contributed by atoms with Crippen molar-refractivity contribution >= 4 is 11.5 Å². The number of ketones is 1. The maximum absolute atomic E-state index is 14.4. The molecular formula is C23H32F3NO2. The van der Waals surface area contributed by atoms with Crippen LogP contribution < -0.4 is 9.64 Å². The number of nitrogens with zero attached hydrogens (tertiary/aromatic N) is 1. The van der Waals surface area contributed by atoms with E-state index in [1.54, 1.807) is 4.90 Å². The van der Waals surface area contributed by atoms with Crippen LogP contribution in [0.15, 0.2) is 36.9 Å². The Morgan fingerprint density at radius 3 is 2.41 bits per heavy atom. The van der Waals surface area contributed by atoms with Crippen molar-refractivity contribution in [2.45, 2.75) is 58.7 Å². The van der Waals surface area contributed by atoms with Crippen molar-refractivity contribution in [3.05, 3.63) is 48.6 Å². The van der Waals surface area contributed by atoms with Gasteiger partial charge in [0, 0.05) is 12.5 Å². The molecule has 0 N–H and O–H groups in total. The van der Waals surface area contributed by atoms with E-state index in [0.717, 1.165) is 18.1 Å². The van der Waals surface area contributed by atoms with Gasteiger partial charge < -0.3 is 9.64 Å². The van der Waals surface area contributed by atoms with E-state index in [1.165, 1.54) is 40.4 Å². The van der Waals surface area contributed by atoms with Gasteiger partial charge in [-0.05, 0) is 45.7 Å². The summed E-state index contributed by atoms with van der Waals surface area (Å²) in [6, 6.07) is 1.62. The van der Waals surface area contributed by atoms with Crippen LogP contribution in [0, 0.1) is 17.6 Å². The summed E-state index contributed by atoms with van der Waals surface area (Å²) >= 11 is 0. The molecular weight excluding hydrogens is 379 g/mol. The number of allylic oxidation sites excluding steroid dienone is 2. The molecule has 1 heterocycles. The molecule has 162 valence electrons. The van der Waals surface area contributed by atoms with Gasteiger partial charge in [-0.15, -0.1) is 0 Å². The summed E-state index contributed by atoms with van der Waals surface area (Å²) in [5.74, 6) is -3.11. The fraction of sp³-hybridized carbons (Fsp3) is 0.522. The average Bonchev–Trinajstić information content (AvgIpc) is 3.10. The molecule has 29 heavy (non-hydrogen) atoms. The van der Waals surface area contributed by atoms with Crippen molar-refractivity contribution in [3.63, 3.8) is 0 Å². The van der Waals surface area contributed by atoms with E-state index in [0.29, 0.717) is 13.0 Å². The van der Waals surface area contributed by atoms with Crippen molar-refractivity contribution in [1.82, 2.24) is 0 Å². The third-order valence-electron chi connectivity index (χ3n) is 5.10. The van der Waals surface area contributed by atoms with Gasteiger partial charge >= 0.3 is 0 Å². The molecule has 0 bridgehead atoms. The fourth-order valence-electron chi connectivity index (χ4n) is 3.65. The van der Waals surface area contributed by atoms with Gasteiger partial charge in [-0.1, -0.05) is 38.2 Å². The Kier molecular flexibility index (Phi) is 8.99. The van der Waals surface area contributed by atoms with E-state index >= 15 is 0 Å². The van der Waals surface area contributed by atoms with E-state index in [2.05, 4.69) is 20.1 Å². The Hall–Kier alpha value is -2.24. The zero-order valence-corrected chi connectivity index (χ0v) is 18.0. The van der Waals surface area contributed by atoms with Gasteiger partial charge in [-0.25, -0.2) is 8.78 Å². The Bertz CT molecular complexity index is 740. The Morgan fingerprint density at radius 2 is 2.00 bits per heavy atom. The summed E-state index contributed by atoms with van der Waals surface area (Å²) in [6.07, 6.45) is 4.52. The standard InChI is InChI=1S/C16H20F3NO2.C7H12/c1-9(21)14-10(16(2,3)19)7-8-20(14)12-6-5-11(17)13(18)15(12)22-4;1-4-6-7(3)5-2/h5-6,10,14H,7-8H2,1-4H3;5H,2-4,6H2,1H3. The average molecular weight is 412 g/mol. The molecule has 0 spiro atoms. The lowest BCUT2D eigenvalue weighted by atomic mass is 9.84. The first-order valence-electron chi connectivity index (χ1n) is 9.77. The van der Waals surface area contributed by atoms with Gasteiger partial charge in [0.15, 0.2) is 17.3 Å². The molecule has 1 aliphatic rings. The Balaban J connectivity index is 0.000000516. The molecule has 2 rings (SSSR count). The van der Waals surface area contributed by atoms with Crippen LogP contribution in [0.1, 0.15) is 47.0 Å². The molecule has 1 fully saturated rings. The van der Waals surface area contributed by atoms with Crippen molar-refractivity contribution in [1.29, 1.82) is 0 Å². The van der Waals surface area contributed by atoms with Gasteiger partial charge in [-0.2, -0.15) is 4.39 Å². The van der Waals surface area contributed by atoms with E-state index in [-0.39, 0.29) is 17.2 Å². The quantitative estimate of drug-likeness (QED) is 0.513. The lowest BCUT2D eigenvalue weighted by Gasteiger charge is -2.33. The molecule has 1 aliphatic heterocycles. The molecule has 1 aromatic rings. The van der Waals surface area contributed by atoms with E-state index in [4.69, 9.17) is 4.74 Å². The summed E-state index contributed by atoms with van der Waals surface area (Å²) < 4.78 is 46.6. The van der Waals surface area contributed by atoms with Crippen molar-refractivity contribution < 1.29 is 22.7 Å². The number of carbonyl (C=O) groups excluding carboxylic acids is 1. The molecule has 2 atom stereocenters. The number of carbonyl (C=O) groups is 1. The van der Waals surface area contributed by atoms with Gasteiger partial charge in [0.05, 0.1) is 18.8 Å². The maximum Gasteiger partial charge on any atom is 0.202 e. The first kappa shape index (κ1) is 24.8. The number of anilines is 1. The van der Waals surface area contributed by atoms with Gasteiger partial charge in [0.2, 0.25) is 5.82 Å². The third kappa shape index (κ3) is 6.12. The minimum Gasteiger partial charge on any atom is -0.491 e. The van der Waals surface area contributed by atoms with Gasteiger partial charge in [-0.3, -0.25) is 4.79 Å². The second-order valence-corrected chi connectivity index (χ2v) is 7.73. The maximum atomic E-state index is 14.4. The van der Waals surface area contributed by atoms with Crippen LogP contribution in [-0.2, 0) is 4.79 Å². The zero-order chi connectivity index (χ0) is 22.4. The first-order chi connectivity index (χ1) is 13.5. The zero-order valence-electron chi connectivity index (χ0n) is 18.0. The highest BCUT2D eigenvalue weighted by atomic mass is 19.2. The van der Waals surface area contributed by atoms with Crippen molar-refractivity contribution in [3.8, 4) is 5.75 Å². The summed E-state index contributed by atoms with van der Waals surface area (Å²) in [4.78, 5) is 13.6. The molecule has 0 aliphatic carbocycles. The molecule has 0 amide bonds. The number of benzene rings is 1. The molecule has 0 radical (unpaired) electrons. The van der Waals surface area contributed by atoms with Crippen LogP contribution in [0.2, 0.25) is 0 Å². The van der Waals surface area contributed by atoms with E-state index in [1.807, 2.05) is 6.08 Å². The summed E-state index contributed by atoms with van der Waals surface area (Å²) in [5.41, 5.74) is -0.132. The van der Waals surface area contributed by atoms with Gasteiger partial charge in [0.25, 0.3) is 0 Å². The molecule has 3 nitrogen and oxygen atoms in total. The van der Waals surface area contributed by atoms with Crippen LogP contribution in [0.4, 0.5) is 18.9 Å². The summed E-state index contributed by atoms with van der Waals surface area (Å²) in [7, 11) is 1.23. The molecule has 0 aromatic heterocycles. The second kappa shape index (κ2) is 10.5. The minimum absolute atomic E-state index is 0.208. The van der Waals surface area contributed by atoms with Crippen molar-refractivity contribution in [2.75, 3.05) is 18.6 Å². The largest absolute Gasteiger partial charge is 0.491 e. The summed E-state index contributed by atoms with van der Waals surface area (Å²) in [5, 5.41) is 0. The Labute approximate surface area is 172 Å². The van der Waals surface area contributed by atoms with E-state index in [9.17, 15) is 18.0 Å². The van der Waals surface area contributed by atoms with Crippen molar-refractivity contribution in [2.24, 2.45) is 5.92 Å². The molecule has 1 saturated heterocycles. The number of alkyl halides is 1. The highest BCUT2D eigenvalue weighted by Crippen LogP contribution is 2.42. The topological polar surface area (TPSA) is 29.5 Å². The predicted molar refractivity (Wildman–Crippen MR) is 112 cm³/mol. The summed E-state index contributed by atoms with van der Waals surface area (Å²) in [6.45, 7) is 14.1. The van der Waals surface area contributed by atoms with Crippen LogP contribution >= 0.6 is 0 Å². The number of ether oxygens (including phenoxy) is 1. The number of rotatable bonds is 7. The predicted octanol–water partition coefficient (Wildman–Crippen LogP) is 6.03. The second-order valence-electron chi connectivity index (χ2n) is 7.73. The molecule has 6 heteroatoms. The van der Waals surface area contributed by atoms with Gasteiger partial charge in [0.1, 0.15) is 5.67 Å². The number of hydrogen-bond acceptors (Lipinski definition) is 3. The number of hydrogen-bond donors (Lipinski definition) is 0. The Morgan fingerprint density at radius 1 is 1.38 bits per heavy atom.